The molecule has 0 fully saturated rings. The highest BCUT2D eigenvalue weighted by Crippen LogP contribution is 2.13. The minimum absolute atomic E-state index is 0.0930. The molecule has 0 radical (unpaired) electrons. The zero-order valence-corrected chi connectivity index (χ0v) is 10.0. The molecule has 3 nitrogen and oxygen atoms in total. The number of unbranched alkanes of at least 4 members (excludes halogenated alkanes) is 1. The lowest BCUT2D eigenvalue weighted by atomic mass is 10.0. The molecule has 0 rings (SSSR count). The van der Waals surface area contributed by atoms with Gasteiger partial charge in [0.1, 0.15) is 12.2 Å². The maximum atomic E-state index is 11.1. The highest BCUT2D eigenvalue weighted by Gasteiger charge is 2.11. The van der Waals surface area contributed by atoms with E-state index >= 15 is 0 Å². The van der Waals surface area contributed by atoms with Crippen molar-refractivity contribution in [3.05, 3.63) is 0 Å². The lowest BCUT2D eigenvalue weighted by Gasteiger charge is -2.14. The summed E-state index contributed by atoms with van der Waals surface area (Å²) in [7, 11) is 0. The van der Waals surface area contributed by atoms with Gasteiger partial charge in [-0.05, 0) is 19.3 Å². The summed E-state index contributed by atoms with van der Waals surface area (Å²) in [5.41, 5.74) is 0. The van der Waals surface area contributed by atoms with Crippen molar-refractivity contribution in [2.75, 3.05) is 6.61 Å². The fourth-order valence-electron chi connectivity index (χ4n) is 1.36. The first-order valence-electron chi connectivity index (χ1n) is 5.75. The van der Waals surface area contributed by atoms with Gasteiger partial charge < -0.3 is 4.74 Å². The van der Waals surface area contributed by atoms with E-state index in [1.54, 1.807) is 0 Å². The highest BCUT2D eigenvalue weighted by molar-refractivity contribution is 5.94. The third-order valence-electron chi connectivity index (χ3n) is 2.42. The molecule has 0 spiro atoms. The van der Waals surface area contributed by atoms with E-state index in [0.717, 1.165) is 19.3 Å². The van der Waals surface area contributed by atoms with E-state index in [9.17, 15) is 9.59 Å². The number of rotatable bonds is 8. The number of hydrogen-bond acceptors (Lipinski definition) is 3. The molecule has 3 heteroatoms. The van der Waals surface area contributed by atoms with Gasteiger partial charge in [0.15, 0.2) is 0 Å². The van der Waals surface area contributed by atoms with Crippen LogP contribution in [-0.4, -0.2) is 18.4 Å². The van der Waals surface area contributed by atoms with Gasteiger partial charge in [0.25, 0.3) is 0 Å². The van der Waals surface area contributed by atoms with Crippen LogP contribution in [0.2, 0.25) is 0 Å². The van der Waals surface area contributed by atoms with Crippen LogP contribution in [0.3, 0.4) is 0 Å². The van der Waals surface area contributed by atoms with Gasteiger partial charge in [-0.3, -0.25) is 9.59 Å². The van der Waals surface area contributed by atoms with Crippen LogP contribution in [-0.2, 0) is 14.3 Å². The first-order chi connectivity index (χ1) is 7.10. The first-order valence-corrected chi connectivity index (χ1v) is 5.75. The molecule has 0 aliphatic heterocycles. The Morgan fingerprint density at radius 3 is 2.40 bits per heavy atom. The number of esters is 1. The molecule has 0 aromatic rings. The summed E-state index contributed by atoms with van der Waals surface area (Å²) in [5, 5.41) is 0. The topological polar surface area (TPSA) is 43.4 Å². The number of carbonyl (C=O) groups is 2. The molecule has 0 saturated carbocycles. The van der Waals surface area contributed by atoms with Crippen molar-refractivity contribution >= 4 is 11.8 Å². The number of ketones is 1. The standard InChI is InChI=1S/C12H22O3/c1-4-6-7-11(5-2)9-15-12(14)8-10(3)13/h11H,4-9H2,1-3H3/t11-/m1/s1. The Balaban J connectivity index is 3.69. The van der Waals surface area contributed by atoms with Gasteiger partial charge in [0, 0.05) is 0 Å². The molecule has 1 atom stereocenters. The van der Waals surface area contributed by atoms with E-state index in [2.05, 4.69) is 13.8 Å². The van der Waals surface area contributed by atoms with Gasteiger partial charge in [0.2, 0.25) is 0 Å². The van der Waals surface area contributed by atoms with Crippen molar-refractivity contribution in [3.8, 4) is 0 Å². The van der Waals surface area contributed by atoms with Gasteiger partial charge in [-0.25, -0.2) is 0 Å². The van der Waals surface area contributed by atoms with E-state index in [-0.39, 0.29) is 12.2 Å². The van der Waals surface area contributed by atoms with E-state index in [1.807, 2.05) is 0 Å². The van der Waals surface area contributed by atoms with Gasteiger partial charge in [-0.2, -0.15) is 0 Å². The zero-order valence-electron chi connectivity index (χ0n) is 10.0. The second kappa shape index (κ2) is 8.45. The molecule has 0 saturated heterocycles. The molecular weight excluding hydrogens is 192 g/mol. The molecule has 0 unspecified atom stereocenters. The summed E-state index contributed by atoms with van der Waals surface area (Å²) in [4.78, 5) is 21.7. The minimum atomic E-state index is -0.391. The molecule has 0 N–H and O–H groups in total. The van der Waals surface area contributed by atoms with Crippen molar-refractivity contribution < 1.29 is 14.3 Å². The van der Waals surface area contributed by atoms with Crippen LogP contribution < -0.4 is 0 Å². The normalized spacial score (nSPS) is 12.2. The lowest BCUT2D eigenvalue weighted by Crippen LogP contribution is -2.15. The van der Waals surface area contributed by atoms with E-state index in [1.165, 1.54) is 13.3 Å². The van der Waals surface area contributed by atoms with Crippen molar-refractivity contribution in [3.63, 3.8) is 0 Å². The summed E-state index contributed by atoms with van der Waals surface area (Å²) in [6.45, 7) is 6.10. The first kappa shape index (κ1) is 14.1. The van der Waals surface area contributed by atoms with Crippen LogP contribution in [0.25, 0.3) is 0 Å². The van der Waals surface area contributed by atoms with Crippen LogP contribution in [0.15, 0.2) is 0 Å². The maximum absolute atomic E-state index is 11.1. The maximum Gasteiger partial charge on any atom is 0.313 e. The van der Waals surface area contributed by atoms with Gasteiger partial charge >= 0.3 is 5.97 Å². The number of hydrogen-bond donors (Lipinski definition) is 0. The summed E-state index contributed by atoms with van der Waals surface area (Å²) >= 11 is 0. The van der Waals surface area contributed by atoms with Gasteiger partial charge in [-0.1, -0.05) is 33.1 Å². The van der Waals surface area contributed by atoms with E-state index < -0.39 is 5.97 Å². The van der Waals surface area contributed by atoms with Crippen LogP contribution in [0.5, 0.6) is 0 Å². The molecule has 0 aliphatic rings. The monoisotopic (exact) mass is 214 g/mol. The highest BCUT2D eigenvalue weighted by atomic mass is 16.5. The predicted octanol–water partition coefficient (Wildman–Crippen LogP) is 2.73. The second-order valence-electron chi connectivity index (χ2n) is 3.98. The van der Waals surface area contributed by atoms with Crippen molar-refractivity contribution in [2.45, 2.75) is 52.9 Å². The Morgan fingerprint density at radius 2 is 1.93 bits per heavy atom. The predicted molar refractivity (Wildman–Crippen MR) is 59.6 cm³/mol. The largest absolute Gasteiger partial charge is 0.465 e. The van der Waals surface area contributed by atoms with Gasteiger partial charge in [0.05, 0.1) is 6.61 Å². The number of ether oxygens (including phenoxy) is 1. The molecule has 0 heterocycles. The average molecular weight is 214 g/mol. The molecule has 0 aromatic carbocycles. The minimum Gasteiger partial charge on any atom is -0.465 e. The third-order valence-corrected chi connectivity index (χ3v) is 2.42. The quantitative estimate of drug-likeness (QED) is 0.461. The molecule has 88 valence electrons. The average Bonchev–Trinajstić information content (AvgIpc) is 2.17. The Hall–Kier alpha value is -0.860. The molecule has 0 amide bonds. The fraction of sp³-hybridized carbons (Fsp3) is 0.833. The summed E-state index contributed by atoms with van der Waals surface area (Å²) in [6.07, 6.45) is 4.36. The van der Waals surface area contributed by atoms with Crippen LogP contribution in [0, 0.1) is 5.92 Å². The summed E-state index contributed by atoms with van der Waals surface area (Å²) in [5.74, 6) is -0.0834. The molecular formula is C12H22O3. The van der Waals surface area contributed by atoms with E-state index in [4.69, 9.17) is 4.74 Å². The Labute approximate surface area is 92.2 Å². The Morgan fingerprint density at radius 1 is 1.27 bits per heavy atom. The lowest BCUT2D eigenvalue weighted by molar-refractivity contribution is -0.147. The summed E-state index contributed by atoms with van der Waals surface area (Å²) < 4.78 is 5.04. The Bertz CT molecular complexity index is 199. The van der Waals surface area contributed by atoms with Crippen molar-refractivity contribution in [1.29, 1.82) is 0 Å². The van der Waals surface area contributed by atoms with Crippen molar-refractivity contribution in [2.24, 2.45) is 5.92 Å². The number of carbonyl (C=O) groups excluding carboxylic acids is 2. The van der Waals surface area contributed by atoms with Crippen LogP contribution in [0.1, 0.15) is 52.9 Å². The van der Waals surface area contributed by atoms with Crippen LogP contribution in [0.4, 0.5) is 0 Å². The SMILES string of the molecule is CCCC[C@@H](CC)COC(=O)CC(C)=O. The molecule has 15 heavy (non-hydrogen) atoms. The van der Waals surface area contributed by atoms with E-state index in [0.29, 0.717) is 12.5 Å². The third kappa shape index (κ3) is 8.16. The van der Waals surface area contributed by atoms with Crippen LogP contribution >= 0.6 is 0 Å². The second-order valence-corrected chi connectivity index (χ2v) is 3.98. The zero-order chi connectivity index (χ0) is 11.7. The number of Topliss-reactive ketones (excluding diaryl/α,β-unsaturated/α-hetero) is 1. The molecule has 0 aliphatic carbocycles. The van der Waals surface area contributed by atoms with Crippen molar-refractivity contribution in [1.82, 2.24) is 0 Å². The smallest absolute Gasteiger partial charge is 0.313 e. The fourth-order valence-corrected chi connectivity index (χ4v) is 1.36. The molecule has 0 bridgehead atoms. The molecule has 0 aromatic heterocycles. The Kier molecular flexibility index (Phi) is 7.96. The summed E-state index contributed by atoms with van der Waals surface area (Å²) in [6, 6.07) is 0. The van der Waals surface area contributed by atoms with Gasteiger partial charge in [-0.15, -0.1) is 0 Å².